The van der Waals surface area contributed by atoms with Crippen molar-refractivity contribution in [2.24, 2.45) is 0 Å². The van der Waals surface area contributed by atoms with Crippen LogP contribution in [-0.4, -0.2) is 33.3 Å². The first-order chi connectivity index (χ1) is 15.0. The van der Waals surface area contributed by atoms with Gasteiger partial charge in [-0.2, -0.15) is 0 Å². The predicted molar refractivity (Wildman–Crippen MR) is 121 cm³/mol. The van der Waals surface area contributed by atoms with Crippen LogP contribution >= 0.6 is 11.3 Å². The average Bonchev–Trinajstić information content (AvgIpc) is 3.37. The lowest BCUT2D eigenvalue weighted by Gasteiger charge is -2.08. The Morgan fingerprint density at radius 2 is 2.03 bits per heavy atom. The van der Waals surface area contributed by atoms with E-state index in [0.29, 0.717) is 23.1 Å². The molecule has 0 amide bonds. The summed E-state index contributed by atoms with van der Waals surface area (Å²) >= 11 is 1.42. The van der Waals surface area contributed by atoms with Gasteiger partial charge in [0.2, 0.25) is 0 Å². The van der Waals surface area contributed by atoms with Crippen LogP contribution in [0.25, 0.3) is 21.3 Å². The molecule has 9 heteroatoms. The third-order valence-electron chi connectivity index (χ3n) is 4.86. The van der Waals surface area contributed by atoms with Crippen molar-refractivity contribution >= 4 is 17.2 Å². The van der Waals surface area contributed by atoms with Crippen LogP contribution < -0.4 is 15.8 Å². The molecule has 0 radical (unpaired) electrons. The first-order valence-electron chi connectivity index (χ1n) is 9.99. The van der Waals surface area contributed by atoms with Gasteiger partial charge in [-0.05, 0) is 43.9 Å². The number of aromatic amines is 1. The summed E-state index contributed by atoms with van der Waals surface area (Å²) < 4.78 is 10.3. The van der Waals surface area contributed by atoms with Crippen LogP contribution in [0.5, 0.6) is 5.75 Å². The first-order valence-corrected chi connectivity index (χ1v) is 10.8. The molecule has 0 aliphatic rings. The van der Waals surface area contributed by atoms with Crippen LogP contribution in [0, 0.1) is 13.8 Å². The van der Waals surface area contributed by atoms with E-state index in [1.54, 1.807) is 0 Å². The number of H-pyrrole nitrogens is 1. The Balaban J connectivity index is 1.51. The highest BCUT2D eigenvalue weighted by molar-refractivity contribution is 7.19. The summed E-state index contributed by atoms with van der Waals surface area (Å²) in [7, 11) is 0. The van der Waals surface area contributed by atoms with Crippen molar-refractivity contribution in [1.29, 1.82) is 0 Å². The second-order valence-corrected chi connectivity index (χ2v) is 8.12. The Kier molecular flexibility index (Phi) is 6.13. The minimum Gasteiger partial charge on any atom is -0.492 e. The van der Waals surface area contributed by atoms with Gasteiger partial charge in [0.25, 0.3) is 0 Å². The highest BCUT2D eigenvalue weighted by Gasteiger charge is 2.18. The largest absolute Gasteiger partial charge is 0.492 e. The van der Waals surface area contributed by atoms with Crippen LogP contribution in [-0.2, 0) is 6.42 Å². The molecular weight excluding hydrogens is 414 g/mol. The molecule has 1 aromatic carbocycles. The molecule has 0 bridgehead atoms. The Morgan fingerprint density at radius 1 is 1.16 bits per heavy atom. The number of hydrogen-bond acceptors (Lipinski definition) is 8. The van der Waals surface area contributed by atoms with Crippen molar-refractivity contribution < 1.29 is 9.26 Å². The van der Waals surface area contributed by atoms with E-state index in [1.165, 1.54) is 34.4 Å². The summed E-state index contributed by atoms with van der Waals surface area (Å²) in [4.78, 5) is 24.2. The minimum absolute atomic E-state index is 0.338. The second kappa shape index (κ2) is 9.13. The first kappa shape index (κ1) is 20.8. The predicted octanol–water partition coefficient (Wildman–Crippen LogP) is 4.22. The fourth-order valence-electron chi connectivity index (χ4n) is 3.14. The van der Waals surface area contributed by atoms with E-state index in [1.807, 2.05) is 19.1 Å². The van der Waals surface area contributed by atoms with E-state index in [0.717, 1.165) is 29.4 Å². The van der Waals surface area contributed by atoms with E-state index in [4.69, 9.17) is 4.74 Å². The van der Waals surface area contributed by atoms with Crippen molar-refractivity contribution in [3.63, 3.8) is 0 Å². The average molecular weight is 438 g/mol. The zero-order chi connectivity index (χ0) is 21.8. The van der Waals surface area contributed by atoms with E-state index in [2.05, 4.69) is 62.0 Å². The fraction of sp³-hybridized carbons (Fsp3) is 0.273. The van der Waals surface area contributed by atoms with Crippen molar-refractivity contribution in [3.05, 3.63) is 63.9 Å². The maximum Gasteiger partial charge on any atom is 0.439 e. The molecule has 0 aliphatic heterocycles. The van der Waals surface area contributed by atoms with Crippen LogP contribution in [0.15, 0.2) is 46.0 Å². The number of ether oxygens (including phenoxy) is 1. The number of benzene rings is 1. The molecule has 0 atom stereocenters. The van der Waals surface area contributed by atoms with Gasteiger partial charge in [0.1, 0.15) is 22.8 Å². The molecule has 0 fully saturated rings. The van der Waals surface area contributed by atoms with E-state index in [-0.39, 0.29) is 0 Å². The fourth-order valence-corrected chi connectivity index (χ4v) is 4.14. The van der Waals surface area contributed by atoms with Gasteiger partial charge < -0.3 is 10.1 Å². The maximum atomic E-state index is 11.3. The third-order valence-corrected chi connectivity index (χ3v) is 6.01. The Bertz CT molecular complexity index is 1240. The lowest BCUT2D eigenvalue weighted by atomic mass is 10.0. The number of hydrogen-bond donors (Lipinski definition) is 2. The Morgan fingerprint density at radius 3 is 2.77 bits per heavy atom. The highest BCUT2D eigenvalue weighted by Crippen LogP contribution is 2.41. The van der Waals surface area contributed by atoms with Crippen molar-refractivity contribution in [1.82, 2.24) is 20.1 Å². The van der Waals surface area contributed by atoms with Gasteiger partial charge in [-0.1, -0.05) is 23.4 Å². The summed E-state index contributed by atoms with van der Waals surface area (Å²) in [5.74, 6) is 1.10. The number of aromatic nitrogens is 4. The highest BCUT2D eigenvalue weighted by atomic mass is 32.1. The molecule has 4 rings (SSSR count). The lowest BCUT2D eigenvalue weighted by molar-refractivity contribution is 0.342. The maximum absolute atomic E-state index is 11.3. The molecular formula is C22H23N5O3S. The van der Waals surface area contributed by atoms with Crippen molar-refractivity contribution in [2.75, 3.05) is 18.5 Å². The van der Waals surface area contributed by atoms with Gasteiger partial charge in [-0.3, -0.25) is 9.51 Å². The van der Waals surface area contributed by atoms with Crippen LogP contribution in [0.4, 0.5) is 5.82 Å². The topological polar surface area (TPSA) is 106 Å². The van der Waals surface area contributed by atoms with Crippen LogP contribution in [0.1, 0.15) is 23.6 Å². The van der Waals surface area contributed by atoms with Crippen molar-refractivity contribution in [2.45, 2.75) is 27.2 Å². The van der Waals surface area contributed by atoms with E-state index < -0.39 is 5.76 Å². The van der Waals surface area contributed by atoms with E-state index >= 15 is 0 Å². The van der Waals surface area contributed by atoms with Gasteiger partial charge in [-0.15, -0.1) is 11.3 Å². The molecule has 3 aromatic heterocycles. The van der Waals surface area contributed by atoms with E-state index in [9.17, 15) is 4.79 Å². The lowest BCUT2D eigenvalue weighted by Crippen LogP contribution is -2.07. The summed E-state index contributed by atoms with van der Waals surface area (Å²) in [6, 6.07) is 10.3. The SMILES string of the molecule is CCOc1cc(-c2cc(NCCc3ccc(C)c(C)c3)ncn2)sc1-c1noc(=O)[nH]1. The summed E-state index contributed by atoms with van der Waals surface area (Å²) in [6.07, 6.45) is 2.43. The van der Waals surface area contributed by atoms with Gasteiger partial charge >= 0.3 is 5.76 Å². The molecule has 8 nitrogen and oxygen atoms in total. The molecule has 0 unspecified atom stereocenters. The molecule has 0 saturated carbocycles. The third kappa shape index (κ3) is 4.83. The number of aryl methyl sites for hydroxylation is 2. The summed E-state index contributed by atoms with van der Waals surface area (Å²) in [5, 5.41) is 7.14. The number of rotatable bonds is 8. The van der Waals surface area contributed by atoms with Gasteiger partial charge in [0.05, 0.1) is 17.2 Å². The molecule has 0 saturated heterocycles. The van der Waals surface area contributed by atoms with Gasteiger partial charge in [-0.25, -0.2) is 14.8 Å². The monoisotopic (exact) mass is 437 g/mol. The molecule has 3 heterocycles. The number of nitrogens with zero attached hydrogens (tertiary/aromatic N) is 3. The minimum atomic E-state index is -0.607. The molecule has 160 valence electrons. The Labute approximate surface area is 183 Å². The smallest absolute Gasteiger partial charge is 0.439 e. The van der Waals surface area contributed by atoms with Crippen LogP contribution in [0.3, 0.4) is 0 Å². The van der Waals surface area contributed by atoms with Crippen LogP contribution in [0.2, 0.25) is 0 Å². The normalized spacial score (nSPS) is 10.9. The number of anilines is 1. The zero-order valence-corrected chi connectivity index (χ0v) is 18.4. The summed E-state index contributed by atoms with van der Waals surface area (Å²) in [5.41, 5.74) is 4.64. The molecule has 0 spiro atoms. The quantitative estimate of drug-likeness (QED) is 0.425. The Hall–Kier alpha value is -3.46. The zero-order valence-electron chi connectivity index (χ0n) is 17.6. The van der Waals surface area contributed by atoms with Gasteiger partial charge in [0, 0.05) is 18.7 Å². The molecule has 0 aliphatic carbocycles. The standard InChI is InChI=1S/C22H23N5O3S/c1-4-29-17-11-18(31-20(17)21-26-22(28)30-27-21)16-10-19(25-12-24-16)23-8-7-15-6-5-13(2)14(3)9-15/h5-6,9-12H,4,7-8H2,1-3H3,(H,23,24,25)(H,26,27,28). The second-order valence-electron chi connectivity index (χ2n) is 7.06. The molecule has 4 aromatic rings. The summed E-state index contributed by atoms with van der Waals surface area (Å²) in [6.45, 7) is 7.39. The van der Waals surface area contributed by atoms with Gasteiger partial charge in [0.15, 0.2) is 5.82 Å². The molecule has 31 heavy (non-hydrogen) atoms. The van der Waals surface area contributed by atoms with Crippen molar-refractivity contribution in [3.8, 4) is 27.0 Å². The molecule has 2 N–H and O–H groups in total. The number of thiophene rings is 1. The number of nitrogens with one attached hydrogen (secondary N) is 2.